The molecule has 5 aromatic rings. The van der Waals surface area contributed by atoms with Gasteiger partial charge < -0.3 is 49.7 Å². The highest BCUT2D eigenvalue weighted by Crippen LogP contribution is 2.64. The first-order valence-electron chi connectivity index (χ1n) is 23.0. The van der Waals surface area contributed by atoms with E-state index in [-0.39, 0.29) is 58.6 Å². The van der Waals surface area contributed by atoms with Crippen LogP contribution in [0.5, 0.6) is 0 Å². The minimum atomic E-state index is -1.20. The van der Waals surface area contributed by atoms with Gasteiger partial charge in [-0.15, -0.1) is 0 Å². The fraction of sp³-hybridized carbons (Fsp3) is 0.510. The summed E-state index contributed by atoms with van der Waals surface area (Å²) in [4.78, 5) is 74.1. The summed E-state index contributed by atoms with van der Waals surface area (Å²) in [5, 5.41) is 17.1. The van der Waals surface area contributed by atoms with Crippen LogP contribution in [0.1, 0.15) is 100 Å². The van der Waals surface area contributed by atoms with Crippen LogP contribution in [0.2, 0.25) is 0 Å². The molecule has 338 valence electrons. The molecule has 2 unspecified atom stereocenters. The quantitative estimate of drug-likeness (QED) is 0.110. The summed E-state index contributed by atoms with van der Waals surface area (Å²) in [5.41, 5.74) is 4.94. The number of nitrogens with one attached hydrogen (secondary N) is 4. The predicted octanol–water partition coefficient (Wildman–Crippen LogP) is 6.31. The van der Waals surface area contributed by atoms with E-state index in [0.717, 1.165) is 75.5 Å². The van der Waals surface area contributed by atoms with Crippen LogP contribution in [0.15, 0.2) is 48.5 Å². The lowest BCUT2D eigenvalue weighted by molar-refractivity contribution is -0.138. The molecule has 0 radical (unpaired) electrons. The summed E-state index contributed by atoms with van der Waals surface area (Å²) in [6.45, 7) is 6.54. The Morgan fingerprint density at radius 2 is 1.29 bits per heavy atom. The lowest BCUT2D eigenvalue weighted by atomic mass is 9.90. The first-order valence-corrected chi connectivity index (χ1v) is 23.0. The molecule has 65 heavy (non-hydrogen) atoms. The SMILES string of the molecule is COC(=O)N[C@H](C(=O)N1C2C[C@]2(C)C[C@H]1c1nc2ccc(C#Cc3ccc4c(ccc5[nH]c([C@@H]6C[C@@]7(C)CC7N6C(=O)[C@@H](NC(=O)O)C6CCOCC6)nc54)c3)cc2[nH]1)C1CCOCC1. The number of amides is 4. The zero-order valence-electron chi connectivity index (χ0n) is 36.8. The zero-order chi connectivity index (χ0) is 44.8. The van der Waals surface area contributed by atoms with Gasteiger partial charge in [-0.1, -0.05) is 37.8 Å². The van der Waals surface area contributed by atoms with Crippen molar-refractivity contribution < 1.29 is 38.5 Å². The van der Waals surface area contributed by atoms with E-state index in [9.17, 15) is 24.3 Å². The molecule has 11 rings (SSSR count). The van der Waals surface area contributed by atoms with Crippen LogP contribution in [-0.4, -0.2) is 117 Å². The Kier molecular flexibility index (Phi) is 10.1. The number of hydrogen-bond acceptors (Lipinski definition) is 9. The van der Waals surface area contributed by atoms with Crippen molar-refractivity contribution in [3.8, 4) is 11.8 Å². The Morgan fingerprint density at radius 3 is 1.89 bits per heavy atom. The molecule has 5 N–H and O–H groups in total. The first kappa shape index (κ1) is 41.5. The first-order chi connectivity index (χ1) is 31.4. The minimum absolute atomic E-state index is 0.0000528. The molecule has 2 aliphatic carbocycles. The Labute approximate surface area is 375 Å². The number of aromatic amines is 2. The molecular formula is C49H54N8O8. The number of carboxylic acid groups (broad SMARTS) is 1. The molecule has 4 saturated heterocycles. The average molecular weight is 883 g/mol. The maximum absolute atomic E-state index is 14.4. The van der Waals surface area contributed by atoms with Gasteiger partial charge in [-0.25, -0.2) is 19.6 Å². The van der Waals surface area contributed by atoms with Gasteiger partial charge in [0, 0.05) is 55.0 Å². The Bertz CT molecular complexity index is 2820. The number of aromatic nitrogens is 4. The van der Waals surface area contributed by atoms with E-state index in [1.165, 1.54) is 7.11 Å². The molecule has 8 atom stereocenters. The monoisotopic (exact) mass is 882 g/mol. The van der Waals surface area contributed by atoms with Gasteiger partial charge in [0.1, 0.15) is 23.7 Å². The predicted molar refractivity (Wildman–Crippen MR) is 238 cm³/mol. The number of methoxy groups -OCH3 is 1. The largest absolute Gasteiger partial charge is 0.465 e. The van der Waals surface area contributed by atoms with Gasteiger partial charge in [-0.05, 0) is 116 Å². The highest BCUT2D eigenvalue weighted by atomic mass is 16.5. The number of nitrogens with zero attached hydrogens (tertiary/aromatic N) is 4. The summed E-state index contributed by atoms with van der Waals surface area (Å²) in [6.07, 6.45) is 4.16. The van der Waals surface area contributed by atoms with Crippen molar-refractivity contribution in [1.29, 1.82) is 0 Å². The number of ether oxygens (including phenoxy) is 3. The van der Waals surface area contributed by atoms with Crippen LogP contribution in [-0.2, 0) is 23.8 Å². The van der Waals surface area contributed by atoms with E-state index < -0.39 is 24.3 Å². The van der Waals surface area contributed by atoms with Crippen molar-refractivity contribution in [2.24, 2.45) is 22.7 Å². The lowest BCUT2D eigenvalue weighted by Crippen LogP contribution is -2.54. The number of carbonyl (C=O) groups is 4. The summed E-state index contributed by atoms with van der Waals surface area (Å²) in [5.74, 6) is 7.67. The summed E-state index contributed by atoms with van der Waals surface area (Å²) < 4.78 is 16.0. The number of fused-ring (bicyclic) bond motifs is 6. The van der Waals surface area contributed by atoms with E-state index in [4.69, 9.17) is 24.2 Å². The fourth-order valence-corrected chi connectivity index (χ4v) is 11.6. The molecule has 16 nitrogen and oxygen atoms in total. The average Bonchev–Trinajstić information content (AvgIpc) is 3.78. The smallest absolute Gasteiger partial charge is 0.407 e. The van der Waals surface area contributed by atoms with Crippen LogP contribution in [0.3, 0.4) is 0 Å². The van der Waals surface area contributed by atoms with Crippen LogP contribution in [0.4, 0.5) is 9.59 Å². The molecule has 0 spiro atoms. The molecule has 3 aromatic carbocycles. The van der Waals surface area contributed by atoms with Crippen molar-refractivity contribution in [2.45, 2.75) is 101 Å². The number of benzene rings is 3. The lowest BCUT2D eigenvalue weighted by Gasteiger charge is -2.35. The Morgan fingerprint density at radius 1 is 0.738 bits per heavy atom. The minimum Gasteiger partial charge on any atom is -0.465 e. The van der Waals surface area contributed by atoms with Crippen molar-refractivity contribution in [3.05, 3.63) is 71.3 Å². The maximum atomic E-state index is 14.4. The standard InChI is InChI=1S/C49H54N8O8/c1-48-22-35(56(37(48)24-48)45(59)40(55-47(62)63-3)29-14-18-65-19-15-29)42-50-32-10-7-27(21-34(32)52-42)5-4-26-6-9-31-30(20-26)8-11-33-41(31)53-43(51-33)36-23-49(2)25-38(49)57(36)44(58)39(54-46(60)61)28-12-16-64-17-13-28/h6-11,20-21,28-29,35-40,54H,12-19,22-25H2,1-3H3,(H,50,52)(H,51,53)(H,55,62)(H,60,61)/t35-,36-,37?,38?,39-,40-,48-,49-/m0/s1. The van der Waals surface area contributed by atoms with Crippen LogP contribution >= 0.6 is 0 Å². The highest BCUT2D eigenvalue weighted by Gasteiger charge is 2.65. The third kappa shape index (κ3) is 7.42. The number of carbonyl (C=O) groups excluding carboxylic acids is 3. The third-order valence-corrected chi connectivity index (χ3v) is 15.5. The highest BCUT2D eigenvalue weighted by molar-refractivity contribution is 6.04. The van der Waals surface area contributed by atoms with E-state index >= 15 is 0 Å². The van der Waals surface area contributed by atoms with E-state index in [0.29, 0.717) is 57.9 Å². The number of imidazole rings is 2. The van der Waals surface area contributed by atoms with Gasteiger partial charge in [-0.2, -0.15) is 0 Å². The number of likely N-dealkylation sites (tertiary alicyclic amines) is 2. The fourth-order valence-electron chi connectivity index (χ4n) is 11.6. The molecule has 4 aliphatic heterocycles. The van der Waals surface area contributed by atoms with Gasteiger partial charge in [0.05, 0.1) is 41.3 Å². The van der Waals surface area contributed by atoms with Crippen molar-refractivity contribution in [1.82, 2.24) is 40.4 Å². The second-order valence-electron chi connectivity index (χ2n) is 19.7. The van der Waals surface area contributed by atoms with E-state index in [1.807, 2.05) is 46.2 Å². The van der Waals surface area contributed by atoms with Gasteiger partial charge in [-0.3, -0.25) is 9.59 Å². The number of H-pyrrole nitrogens is 2. The normalized spacial score (nSPS) is 28.3. The van der Waals surface area contributed by atoms with E-state index in [2.05, 4.69) is 58.4 Å². The maximum Gasteiger partial charge on any atom is 0.407 e. The number of alkyl carbamates (subject to hydrolysis) is 1. The molecule has 2 saturated carbocycles. The van der Waals surface area contributed by atoms with Gasteiger partial charge in [0.25, 0.3) is 0 Å². The second-order valence-corrected chi connectivity index (χ2v) is 19.7. The molecule has 0 bridgehead atoms. The molecule has 6 heterocycles. The Balaban J connectivity index is 0.828. The van der Waals surface area contributed by atoms with E-state index in [1.54, 1.807) is 0 Å². The summed E-state index contributed by atoms with van der Waals surface area (Å²) >= 11 is 0. The molecule has 6 aliphatic rings. The molecule has 2 aromatic heterocycles. The molecule has 6 fully saturated rings. The number of rotatable bonds is 8. The van der Waals surface area contributed by atoms with Crippen LogP contribution in [0, 0.1) is 34.5 Å². The number of hydrogen-bond donors (Lipinski definition) is 5. The van der Waals surface area contributed by atoms with Gasteiger partial charge in [0.15, 0.2) is 0 Å². The van der Waals surface area contributed by atoms with Crippen molar-refractivity contribution in [2.75, 3.05) is 33.5 Å². The molecular weight excluding hydrogens is 829 g/mol. The van der Waals surface area contributed by atoms with Crippen molar-refractivity contribution in [3.63, 3.8) is 0 Å². The van der Waals surface area contributed by atoms with Gasteiger partial charge in [0.2, 0.25) is 11.8 Å². The van der Waals surface area contributed by atoms with Crippen molar-refractivity contribution >= 4 is 56.8 Å². The second kappa shape index (κ2) is 15.8. The summed E-state index contributed by atoms with van der Waals surface area (Å²) in [7, 11) is 1.31. The topological polar surface area (TPSA) is 204 Å². The zero-order valence-corrected chi connectivity index (χ0v) is 36.8. The molecule has 16 heteroatoms. The third-order valence-electron chi connectivity index (χ3n) is 15.5. The van der Waals surface area contributed by atoms with Gasteiger partial charge >= 0.3 is 12.2 Å². The molecule has 4 amide bonds. The van der Waals surface area contributed by atoms with Crippen LogP contribution in [0.25, 0.3) is 32.8 Å². The van der Waals surface area contributed by atoms with Crippen LogP contribution < -0.4 is 10.6 Å². The summed E-state index contributed by atoms with van der Waals surface area (Å²) in [6, 6.07) is 14.1. The number of piperidine rings is 2. The Hall–Kier alpha value is -6.18.